The van der Waals surface area contributed by atoms with Crippen molar-refractivity contribution in [1.29, 1.82) is 0 Å². The number of esters is 1. The number of nitrogens with zero attached hydrogens (tertiary/aromatic N) is 2. The van der Waals surface area contributed by atoms with Crippen molar-refractivity contribution in [3.05, 3.63) is 29.6 Å². The SMILES string of the molecule is CCCc1nc2cccc(C(=O)O)c2n1C(C)C(=O)OC. The van der Waals surface area contributed by atoms with Gasteiger partial charge in [-0.05, 0) is 25.5 Å². The zero-order valence-electron chi connectivity index (χ0n) is 12.3. The van der Waals surface area contributed by atoms with Crippen LogP contribution in [0, 0.1) is 0 Å². The number of rotatable bonds is 5. The van der Waals surface area contributed by atoms with Crippen LogP contribution in [0.25, 0.3) is 11.0 Å². The first kappa shape index (κ1) is 15.0. The molecule has 21 heavy (non-hydrogen) atoms. The van der Waals surface area contributed by atoms with Gasteiger partial charge in [-0.1, -0.05) is 13.0 Å². The van der Waals surface area contributed by atoms with Crippen molar-refractivity contribution in [2.45, 2.75) is 32.7 Å². The molecule has 0 fully saturated rings. The zero-order chi connectivity index (χ0) is 15.6. The maximum absolute atomic E-state index is 11.9. The highest BCUT2D eigenvalue weighted by Crippen LogP contribution is 2.26. The smallest absolute Gasteiger partial charge is 0.337 e. The second-order valence-corrected chi connectivity index (χ2v) is 4.83. The van der Waals surface area contributed by atoms with Gasteiger partial charge < -0.3 is 14.4 Å². The van der Waals surface area contributed by atoms with Gasteiger partial charge in [-0.25, -0.2) is 14.6 Å². The fourth-order valence-electron chi connectivity index (χ4n) is 2.46. The number of carbonyl (C=O) groups is 2. The minimum absolute atomic E-state index is 0.137. The Bertz CT molecular complexity index is 690. The molecule has 112 valence electrons. The molecule has 0 aliphatic carbocycles. The van der Waals surface area contributed by atoms with Crippen LogP contribution in [0.15, 0.2) is 18.2 Å². The van der Waals surface area contributed by atoms with E-state index in [1.54, 1.807) is 23.6 Å². The second kappa shape index (κ2) is 5.95. The van der Waals surface area contributed by atoms with Crippen LogP contribution in [-0.2, 0) is 16.0 Å². The predicted octanol–water partition coefficient (Wildman–Crippen LogP) is 2.42. The van der Waals surface area contributed by atoms with Gasteiger partial charge in [0, 0.05) is 6.42 Å². The lowest BCUT2D eigenvalue weighted by Gasteiger charge is -2.16. The van der Waals surface area contributed by atoms with E-state index in [1.807, 2.05) is 6.92 Å². The molecule has 1 N–H and O–H groups in total. The third-order valence-electron chi connectivity index (χ3n) is 3.42. The third kappa shape index (κ3) is 2.61. The van der Waals surface area contributed by atoms with Crippen LogP contribution in [0.1, 0.15) is 42.5 Å². The van der Waals surface area contributed by atoms with Crippen LogP contribution < -0.4 is 0 Å². The molecule has 0 bridgehead atoms. The number of carboxylic acids is 1. The lowest BCUT2D eigenvalue weighted by molar-refractivity contribution is -0.144. The number of para-hydroxylation sites is 1. The Kier molecular flexibility index (Phi) is 4.26. The first-order valence-electron chi connectivity index (χ1n) is 6.82. The fraction of sp³-hybridized carbons (Fsp3) is 0.400. The van der Waals surface area contributed by atoms with E-state index in [1.165, 1.54) is 13.2 Å². The molecule has 1 heterocycles. The molecule has 0 radical (unpaired) electrons. The molecule has 1 unspecified atom stereocenters. The average Bonchev–Trinajstić information content (AvgIpc) is 2.83. The molecule has 0 aliphatic rings. The number of aromatic carboxylic acids is 1. The lowest BCUT2D eigenvalue weighted by atomic mass is 10.1. The van der Waals surface area contributed by atoms with Gasteiger partial charge in [0.15, 0.2) is 0 Å². The van der Waals surface area contributed by atoms with Gasteiger partial charge in [0.1, 0.15) is 11.9 Å². The van der Waals surface area contributed by atoms with Crippen molar-refractivity contribution < 1.29 is 19.4 Å². The lowest BCUT2D eigenvalue weighted by Crippen LogP contribution is -2.20. The van der Waals surface area contributed by atoms with E-state index in [2.05, 4.69) is 4.98 Å². The van der Waals surface area contributed by atoms with Crippen molar-refractivity contribution in [3.63, 3.8) is 0 Å². The number of carbonyl (C=O) groups excluding carboxylic acids is 1. The van der Waals surface area contributed by atoms with Crippen molar-refractivity contribution in [2.75, 3.05) is 7.11 Å². The Morgan fingerprint density at radius 2 is 2.14 bits per heavy atom. The van der Waals surface area contributed by atoms with Gasteiger partial charge in [0.25, 0.3) is 0 Å². The normalized spacial score (nSPS) is 12.3. The highest BCUT2D eigenvalue weighted by Gasteiger charge is 2.24. The number of benzene rings is 1. The van der Waals surface area contributed by atoms with Gasteiger partial charge in [-0.15, -0.1) is 0 Å². The number of fused-ring (bicyclic) bond motifs is 1. The Morgan fingerprint density at radius 3 is 2.71 bits per heavy atom. The van der Waals surface area contributed by atoms with E-state index in [0.717, 1.165) is 6.42 Å². The van der Waals surface area contributed by atoms with Gasteiger partial charge >= 0.3 is 11.9 Å². The number of ether oxygens (including phenoxy) is 1. The van der Waals surface area contributed by atoms with Crippen molar-refractivity contribution >= 4 is 23.0 Å². The van der Waals surface area contributed by atoms with E-state index >= 15 is 0 Å². The number of aromatic nitrogens is 2. The van der Waals surface area contributed by atoms with Crippen LogP contribution in [-0.4, -0.2) is 33.7 Å². The molecule has 1 aromatic heterocycles. The Hall–Kier alpha value is -2.37. The minimum atomic E-state index is -1.04. The molecule has 2 rings (SSSR count). The van der Waals surface area contributed by atoms with Crippen LogP contribution in [0.3, 0.4) is 0 Å². The average molecular weight is 290 g/mol. The molecule has 6 nitrogen and oxygen atoms in total. The van der Waals surface area contributed by atoms with Gasteiger partial charge in [-0.2, -0.15) is 0 Å². The summed E-state index contributed by atoms with van der Waals surface area (Å²) in [6, 6.07) is 4.30. The summed E-state index contributed by atoms with van der Waals surface area (Å²) >= 11 is 0. The maximum Gasteiger partial charge on any atom is 0.337 e. The molecule has 0 saturated carbocycles. The highest BCUT2D eigenvalue weighted by atomic mass is 16.5. The monoisotopic (exact) mass is 290 g/mol. The summed E-state index contributed by atoms with van der Waals surface area (Å²) in [6.45, 7) is 3.69. The molecular formula is C15H18N2O4. The summed E-state index contributed by atoms with van der Waals surface area (Å²) in [6.07, 6.45) is 1.51. The molecule has 0 aliphatic heterocycles. The number of methoxy groups -OCH3 is 1. The number of hydrogen-bond acceptors (Lipinski definition) is 4. The summed E-state index contributed by atoms with van der Waals surface area (Å²) in [5.74, 6) is -0.771. The standard InChI is InChI=1S/C15H18N2O4/c1-4-6-12-16-11-8-5-7-10(14(18)19)13(11)17(12)9(2)15(20)21-3/h5,7-9H,4,6H2,1-3H3,(H,18,19). The molecule has 6 heteroatoms. The van der Waals surface area contributed by atoms with Gasteiger partial charge in [-0.3, -0.25) is 0 Å². The summed E-state index contributed by atoms with van der Waals surface area (Å²) in [7, 11) is 1.32. The zero-order valence-corrected chi connectivity index (χ0v) is 12.3. The van der Waals surface area contributed by atoms with E-state index in [4.69, 9.17) is 4.74 Å². The van der Waals surface area contributed by atoms with Gasteiger partial charge in [0.2, 0.25) is 0 Å². The topological polar surface area (TPSA) is 81.4 Å². The Balaban J connectivity index is 2.76. The van der Waals surface area contributed by atoms with Gasteiger partial charge in [0.05, 0.1) is 23.7 Å². The van der Waals surface area contributed by atoms with Crippen molar-refractivity contribution in [2.24, 2.45) is 0 Å². The number of aryl methyl sites for hydroxylation is 1. The quantitative estimate of drug-likeness (QED) is 0.855. The van der Waals surface area contributed by atoms with Crippen LogP contribution in [0.5, 0.6) is 0 Å². The summed E-state index contributed by atoms with van der Waals surface area (Å²) in [5, 5.41) is 9.37. The number of carboxylic acid groups (broad SMARTS) is 1. The first-order valence-corrected chi connectivity index (χ1v) is 6.82. The first-order chi connectivity index (χ1) is 10.0. The maximum atomic E-state index is 11.9. The van der Waals surface area contributed by atoms with E-state index in [9.17, 15) is 14.7 Å². The summed E-state index contributed by atoms with van der Waals surface area (Å²) in [5.41, 5.74) is 1.18. The summed E-state index contributed by atoms with van der Waals surface area (Å²) in [4.78, 5) is 27.8. The molecule has 0 amide bonds. The fourth-order valence-corrected chi connectivity index (χ4v) is 2.46. The van der Waals surface area contributed by atoms with Crippen LogP contribution >= 0.6 is 0 Å². The molecule has 1 atom stereocenters. The second-order valence-electron chi connectivity index (χ2n) is 4.83. The van der Waals surface area contributed by atoms with E-state index < -0.39 is 18.0 Å². The van der Waals surface area contributed by atoms with Crippen molar-refractivity contribution in [1.82, 2.24) is 9.55 Å². The molecule has 1 aromatic carbocycles. The predicted molar refractivity (Wildman–Crippen MR) is 77.4 cm³/mol. The number of imidazole rings is 1. The largest absolute Gasteiger partial charge is 0.478 e. The molecular weight excluding hydrogens is 272 g/mol. The Morgan fingerprint density at radius 1 is 1.43 bits per heavy atom. The minimum Gasteiger partial charge on any atom is -0.478 e. The van der Waals surface area contributed by atoms with Crippen LogP contribution in [0.2, 0.25) is 0 Å². The van der Waals surface area contributed by atoms with E-state index in [0.29, 0.717) is 23.3 Å². The summed E-state index contributed by atoms with van der Waals surface area (Å²) < 4.78 is 6.46. The van der Waals surface area contributed by atoms with Crippen LogP contribution in [0.4, 0.5) is 0 Å². The molecule has 2 aromatic rings. The third-order valence-corrected chi connectivity index (χ3v) is 3.42. The van der Waals surface area contributed by atoms with E-state index in [-0.39, 0.29) is 5.56 Å². The highest BCUT2D eigenvalue weighted by molar-refractivity contribution is 6.01. The molecule has 0 spiro atoms. The molecule has 0 saturated heterocycles. The Labute approximate surface area is 122 Å². The number of hydrogen-bond donors (Lipinski definition) is 1. The van der Waals surface area contributed by atoms with Crippen molar-refractivity contribution in [3.8, 4) is 0 Å².